The van der Waals surface area contributed by atoms with Crippen LogP contribution in [0.3, 0.4) is 0 Å². The van der Waals surface area contributed by atoms with Gasteiger partial charge in [0.2, 0.25) is 0 Å². The summed E-state index contributed by atoms with van der Waals surface area (Å²) < 4.78 is 6.28. The SMILES string of the molecule is CCCCCCCCCCCCCCO[SiH](CCCC)CCCC. The van der Waals surface area contributed by atoms with E-state index in [0.29, 0.717) is 0 Å². The van der Waals surface area contributed by atoms with Crippen molar-refractivity contribution in [2.75, 3.05) is 6.61 Å². The van der Waals surface area contributed by atoms with E-state index in [9.17, 15) is 0 Å². The van der Waals surface area contributed by atoms with Crippen LogP contribution in [0.15, 0.2) is 0 Å². The third kappa shape index (κ3) is 18.5. The lowest BCUT2D eigenvalue weighted by atomic mass is 10.1. The predicted molar refractivity (Wildman–Crippen MR) is 114 cm³/mol. The number of unbranched alkanes of at least 4 members (excludes halogenated alkanes) is 13. The summed E-state index contributed by atoms with van der Waals surface area (Å²) >= 11 is 0. The van der Waals surface area contributed by atoms with Crippen molar-refractivity contribution < 1.29 is 4.43 Å². The van der Waals surface area contributed by atoms with Gasteiger partial charge in [-0.25, -0.2) is 0 Å². The van der Waals surface area contributed by atoms with Crippen LogP contribution >= 0.6 is 0 Å². The van der Waals surface area contributed by atoms with Crippen LogP contribution in [-0.2, 0) is 4.43 Å². The van der Waals surface area contributed by atoms with Gasteiger partial charge in [-0.1, -0.05) is 117 Å². The van der Waals surface area contributed by atoms with Crippen LogP contribution in [0.1, 0.15) is 124 Å². The maximum atomic E-state index is 6.28. The second-order valence-corrected chi connectivity index (χ2v) is 10.4. The first-order valence-electron chi connectivity index (χ1n) is 11.5. The highest BCUT2D eigenvalue weighted by atomic mass is 28.3. The minimum Gasteiger partial charge on any atom is -0.420 e. The number of hydrogen-bond donors (Lipinski definition) is 0. The van der Waals surface area contributed by atoms with Gasteiger partial charge in [0.05, 0.1) is 0 Å². The first-order valence-corrected chi connectivity index (χ1v) is 13.6. The zero-order chi connectivity index (χ0) is 17.7. The van der Waals surface area contributed by atoms with Crippen molar-refractivity contribution in [1.82, 2.24) is 0 Å². The van der Waals surface area contributed by atoms with Crippen LogP contribution in [0, 0.1) is 0 Å². The third-order valence-corrected chi connectivity index (χ3v) is 7.92. The van der Waals surface area contributed by atoms with Gasteiger partial charge in [0.15, 0.2) is 9.04 Å². The summed E-state index contributed by atoms with van der Waals surface area (Å²) in [5.41, 5.74) is 0. The smallest absolute Gasteiger partial charge is 0.176 e. The molecule has 0 heterocycles. The van der Waals surface area contributed by atoms with Gasteiger partial charge in [-0.15, -0.1) is 0 Å². The van der Waals surface area contributed by atoms with Crippen LogP contribution in [0.25, 0.3) is 0 Å². The van der Waals surface area contributed by atoms with Gasteiger partial charge < -0.3 is 4.43 Å². The Morgan fingerprint density at radius 1 is 0.458 bits per heavy atom. The maximum absolute atomic E-state index is 6.28. The molecule has 0 unspecified atom stereocenters. The molecule has 146 valence electrons. The van der Waals surface area contributed by atoms with E-state index in [-0.39, 0.29) is 0 Å². The third-order valence-electron chi connectivity index (χ3n) is 5.11. The first-order chi connectivity index (χ1) is 11.8. The topological polar surface area (TPSA) is 9.23 Å². The molecule has 0 aromatic rings. The lowest BCUT2D eigenvalue weighted by Gasteiger charge is -2.15. The number of hydrogen-bond acceptors (Lipinski definition) is 1. The second kappa shape index (κ2) is 21.2. The molecule has 2 heteroatoms. The summed E-state index contributed by atoms with van der Waals surface area (Å²) in [4.78, 5) is 0. The van der Waals surface area contributed by atoms with E-state index < -0.39 is 9.04 Å². The van der Waals surface area contributed by atoms with Gasteiger partial charge in [-0.3, -0.25) is 0 Å². The summed E-state index contributed by atoms with van der Waals surface area (Å²) in [5, 5.41) is 0. The molecule has 0 aromatic carbocycles. The van der Waals surface area contributed by atoms with Crippen molar-refractivity contribution in [3.63, 3.8) is 0 Å². The Kier molecular flexibility index (Phi) is 21.4. The molecule has 0 N–H and O–H groups in total. The molecule has 0 atom stereocenters. The van der Waals surface area contributed by atoms with Crippen LogP contribution in [-0.4, -0.2) is 15.6 Å². The Bertz CT molecular complexity index is 212. The van der Waals surface area contributed by atoms with Gasteiger partial charge in [-0.05, 0) is 18.5 Å². The molecule has 0 rings (SSSR count). The molecule has 24 heavy (non-hydrogen) atoms. The summed E-state index contributed by atoms with van der Waals surface area (Å²) in [7, 11) is -0.856. The zero-order valence-electron chi connectivity index (χ0n) is 17.4. The molecule has 0 spiro atoms. The van der Waals surface area contributed by atoms with Crippen LogP contribution in [0.5, 0.6) is 0 Å². The molecule has 0 aliphatic rings. The van der Waals surface area contributed by atoms with E-state index in [1.807, 2.05) is 0 Å². The molecule has 0 aliphatic carbocycles. The van der Waals surface area contributed by atoms with Crippen LogP contribution in [0.2, 0.25) is 12.1 Å². The molecule has 0 fully saturated rings. The summed E-state index contributed by atoms with van der Waals surface area (Å²) in [6.07, 6.45) is 22.6. The minimum absolute atomic E-state index is 0.856. The zero-order valence-corrected chi connectivity index (χ0v) is 18.6. The maximum Gasteiger partial charge on any atom is 0.176 e. The monoisotopic (exact) mass is 356 g/mol. The van der Waals surface area contributed by atoms with Crippen molar-refractivity contribution in [2.45, 2.75) is 136 Å². The van der Waals surface area contributed by atoms with E-state index in [1.54, 1.807) is 0 Å². The Balaban J connectivity index is 3.29. The van der Waals surface area contributed by atoms with E-state index >= 15 is 0 Å². The molecule has 0 amide bonds. The predicted octanol–water partition coefficient (Wildman–Crippen LogP) is 8.03. The van der Waals surface area contributed by atoms with Crippen LogP contribution in [0.4, 0.5) is 0 Å². The van der Waals surface area contributed by atoms with Crippen LogP contribution < -0.4 is 0 Å². The quantitative estimate of drug-likeness (QED) is 0.158. The Morgan fingerprint density at radius 3 is 1.25 bits per heavy atom. The molecular formula is C22H48OSi. The van der Waals surface area contributed by atoms with Gasteiger partial charge in [0, 0.05) is 6.61 Å². The normalized spacial score (nSPS) is 11.5. The molecule has 0 aliphatic heterocycles. The van der Waals surface area contributed by atoms with Gasteiger partial charge in [0.1, 0.15) is 0 Å². The lowest BCUT2D eigenvalue weighted by Crippen LogP contribution is -2.18. The lowest BCUT2D eigenvalue weighted by molar-refractivity contribution is 0.302. The molecule has 0 bridgehead atoms. The number of rotatable bonds is 20. The Labute approximate surface area is 156 Å². The summed E-state index contributed by atoms with van der Waals surface area (Å²) in [6.45, 7) is 7.96. The van der Waals surface area contributed by atoms with Crippen molar-refractivity contribution in [3.8, 4) is 0 Å². The standard InChI is InChI=1S/C22H48OSi/c1-4-7-10-11-12-13-14-15-16-17-18-19-20-23-24(21-8-5-2)22-9-6-3/h24H,4-22H2,1-3H3. The van der Waals surface area contributed by atoms with E-state index in [1.165, 1.54) is 115 Å². The average molecular weight is 357 g/mol. The molecule has 0 saturated carbocycles. The van der Waals surface area contributed by atoms with Crippen molar-refractivity contribution in [1.29, 1.82) is 0 Å². The molecule has 0 aromatic heterocycles. The van der Waals surface area contributed by atoms with Gasteiger partial charge in [0.25, 0.3) is 0 Å². The fourth-order valence-corrected chi connectivity index (χ4v) is 6.22. The molecule has 1 nitrogen and oxygen atoms in total. The highest BCUT2D eigenvalue weighted by molar-refractivity contribution is 6.51. The molecular weight excluding hydrogens is 308 g/mol. The van der Waals surface area contributed by atoms with E-state index in [2.05, 4.69) is 20.8 Å². The highest BCUT2D eigenvalue weighted by Crippen LogP contribution is 2.14. The minimum atomic E-state index is -0.856. The largest absolute Gasteiger partial charge is 0.420 e. The van der Waals surface area contributed by atoms with Gasteiger partial charge >= 0.3 is 0 Å². The fraction of sp³-hybridized carbons (Fsp3) is 1.00. The van der Waals surface area contributed by atoms with E-state index in [4.69, 9.17) is 4.43 Å². The van der Waals surface area contributed by atoms with Crippen molar-refractivity contribution in [2.24, 2.45) is 0 Å². The highest BCUT2D eigenvalue weighted by Gasteiger charge is 2.10. The molecule has 0 saturated heterocycles. The Morgan fingerprint density at radius 2 is 0.833 bits per heavy atom. The summed E-state index contributed by atoms with van der Waals surface area (Å²) in [6, 6.07) is 2.82. The van der Waals surface area contributed by atoms with E-state index in [0.717, 1.165) is 6.61 Å². The Hall–Kier alpha value is 0.177. The average Bonchev–Trinajstić information content (AvgIpc) is 2.60. The second-order valence-electron chi connectivity index (χ2n) is 7.67. The van der Waals surface area contributed by atoms with Crippen molar-refractivity contribution in [3.05, 3.63) is 0 Å². The van der Waals surface area contributed by atoms with Gasteiger partial charge in [-0.2, -0.15) is 0 Å². The van der Waals surface area contributed by atoms with Crippen molar-refractivity contribution >= 4 is 9.04 Å². The molecule has 0 radical (unpaired) electrons. The first kappa shape index (κ1) is 24.2. The summed E-state index contributed by atoms with van der Waals surface area (Å²) in [5.74, 6) is 0. The fourth-order valence-electron chi connectivity index (χ4n) is 3.37.